The molecule has 9 heteroatoms. The van der Waals surface area contributed by atoms with Crippen molar-refractivity contribution in [3.8, 4) is 0 Å². The standard InChI is InChI=1S/C18H20Cl2N2O3S2/c1-12(16-3-2-10-26-16)21-18(23)13-6-8-22(9-7-13)27(24,25)17-11-14(19)4-5-15(17)20/h2-5,10-13H,6-9H2,1H3,(H,21,23). The fraction of sp³-hybridized carbons (Fsp3) is 0.389. The van der Waals surface area contributed by atoms with Gasteiger partial charge in [-0.05, 0) is 49.4 Å². The molecule has 1 aromatic carbocycles. The minimum Gasteiger partial charge on any atom is -0.349 e. The number of thiophene rings is 1. The van der Waals surface area contributed by atoms with Crippen LogP contribution in [0.2, 0.25) is 10.0 Å². The Morgan fingerprint density at radius 2 is 1.96 bits per heavy atom. The van der Waals surface area contributed by atoms with Crippen molar-refractivity contribution in [1.29, 1.82) is 0 Å². The van der Waals surface area contributed by atoms with E-state index in [1.807, 2.05) is 24.4 Å². The molecule has 3 rings (SSSR count). The van der Waals surface area contributed by atoms with Crippen molar-refractivity contribution < 1.29 is 13.2 Å². The zero-order valence-electron chi connectivity index (χ0n) is 14.7. The summed E-state index contributed by atoms with van der Waals surface area (Å²) in [6.45, 7) is 2.50. The first-order valence-corrected chi connectivity index (χ1v) is 11.7. The molecule has 1 atom stereocenters. The Morgan fingerprint density at radius 1 is 1.26 bits per heavy atom. The zero-order valence-corrected chi connectivity index (χ0v) is 17.8. The summed E-state index contributed by atoms with van der Waals surface area (Å²) in [6.07, 6.45) is 0.945. The third-order valence-electron chi connectivity index (χ3n) is 4.66. The quantitative estimate of drug-likeness (QED) is 0.742. The van der Waals surface area contributed by atoms with Crippen LogP contribution in [0.3, 0.4) is 0 Å². The minimum absolute atomic E-state index is 0.00545. The number of hydrogen-bond acceptors (Lipinski definition) is 4. The highest BCUT2D eigenvalue weighted by Gasteiger charge is 2.33. The molecular formula is C18H20Cl2N2O3S2. The fourth-order valence-corrected chi connectivity index (χ4v) is 6.05. The smallest absolute Gasteiger partial charge is 0.244 e. The van der Waals surface area contributed by atoms with Crippen molar-refractivity contribution in [1.82, 2.24) is 9.62 Å². The van der Waals surface area contributed by atoms with Crippen LogP contribution in [0.5, 0.6) is 0 Å². The lowest BCUT2D eigenvalue weighted by atomic mass is 9.97. The largest absolute Gasteiger partial charge is 0.349 e. The Balaban J connectivity index is 1.63. The Hall–Kier alpha value is -1.12. The summed E-state index contributed by atoms with van der Waals surface area (Å²) in [7, 11) is -3.74. The van der Waals surface area contributed by atoms with Crippen LogP contribution in [-0.4, -0.2) is 31.7 Å². The van der Waals surface area contributed by atoms with E-state index in [0.717, 1.165) is 4.88 Å². The molecule has 27 heavy (non-hydrogen) atoms. The van der Waals surface area contributed by atoms with Crippen molar-refractivity contribution in [2.75, 3.05) is 13.1 Å². The highest BCUT2D eigenvalue weighted by atomic mass is 35.5. The Labute approximate surface area is 173 Å². The van der Waals surface area contributed by atoms with Crippen molar-refractivity contribution >= 4 is 50.5 Å². The van der Waals surface area contributed by atoms with Gasteiger partial charge in [0, 0.05) is 28.9 Å². The lowest BCUT2D eigenvalue weighted by Gasteiger charge is -2.31. The first-order chi connectivity index (χ1) is 12.8. The monoisotopic (exact) mass is 446 g/mol. The minimum atomic E-state index is -3.74. The molecule has 5 nitrogen and oxygen atoms in total. The van der Waals surface area contributed by atoms with Crippen LogP contribution in [0.4, 0.5) is 0 Å². The molecule has 1 fully saturated rings. The van der Waals surface area contributed by atoms with Gasteiger partial charge in [-0.2, -0.15) is 4.31 Å². The number of piperidine rings is 1. The van der Waals surface area contributed by atoms with Crippen LogP contribution in [-0.2, 0) is 14.8 Å². The van der Waals surface area contributed by atoms with E-state index in [2.05, 4.69) is 5.32 Å². The number of amides is 1. The maximum Gasteiger partial charge on any atom is 0.244 e. The molecule has 0 aliphatic carbocycles. The maximum absolute atomic E-state index is 12.9. The number of nitrogens with zero attached hydrogens (tertiary/aromatic N) is 1. The average Bonchev–Trinajstić information content (AvgIpc) is 3.18. The fourth-order valence-electron chi connectivity index (χ4n) is 3.11. The molecule has 1 amide bonds. The molecule has 0 spiro atoms. The highest BCUT2D eigenvalue weighted by molar-refractivity contribution is 7.89. The number of carbonyl (C=O) groups is 1. The number of rotatable bonds is 5. The number of sulfonamides is 1. The topological polar surface area (TPSA) is 66.5 Å². The van der Waals surface area contributed by atoms with E-state index in [1.165, 1.54) is 16.4 Å². The second-order valence-corrected chi connectivity index (χ2v) is 10.2. The van der Waals surface area contributed by atoms with Gasteiger partial charge in [0.2, 0.25) is 15.9 Å². The predicted molar refractivity (Wildman–Crippen MR) is 109 cm³/mol. The molecule has 1 N–H and O–H groups in total. The number of hydrogen-bond donors (Lipinski definition) is 1. The number of carbonyl (C=O) groups excluding carboxylic acids is 1. The van der Waals surface area contributed by atoms with Crippen molar-refractivity contribution in [2.45, 2.75) is 30.7 Å². The van der Waals surface area contributed by atoms with Gasteiger partial charge in [0.25, 0.3) is 0 Å². The lowest BCUT2D eigenvalue weighted by molar-refractivity contribution is -0.126. The van der Waals surface area contributed by atoms with Gasteiger partial charge in [0.1, 0.15) is 4.90 Å². The van der Waals surface area contributed by atoms with Crippen LogP contribution >= 0.6 is 34.5 Å². The SMILES string of the molecule is CC(NC(=O)C1CCN(S(=O)(=O)c2cc(Cl)ccc2Cl)CC1)c1cccs1. The van der Waals surface area contributed by atoms with Crippen LogP contribution in [0.25, 0.3) is 0 Å². The van der Waals surface area contributed by atoms with Crippen molar-refractivity contribution in [2.24, 2.45) is 5.92 Å². The first kappa shape index (κ1) is 20.6. The normalized spacial score (nSPS) is 17.6. The van der Waals surface area contributed by atoms with Gasteiger partial charge in [-0.25, -0.2) is 8.42 Å². The van der Waals surface area contributed by atoms with E-state index in [-0.39, 0.29) is 40.9 Å². The Kier molecular flexibility index (Phi) is 6.48. The molecule has 1 aliphatic heterocycles. The molecular weight excluding hydrogens is 427 g/mol. The number of benzene rings is 1. The van der Waals surface area contributed by atoms with E-state index in [0.29, 0.717) is 17.9 Å². The van der Waals surface area contributed by atoms with Crippen LogP contribution in [0, 0.1) is 5.92 Å². The molecule has 0 bridgehead atoms. The van der Waals surface area contributed by atoms with Gasteiger partial charge in [0.15, 0.2) is 0 Å². The van der Waals surface area contributed by atoms with E-state index in [1.54, 1.807) is 17.4 Å². The van der Waals surface area contributed by atoms with Crippen LogP contribution in [0.1, 0.15) is 30.7 Å². The van der Waals surface area contributed by atoms with E-state index >= 15 is 0 Å². The molecule has 1 unspecified atom stereocenters. The van der Waals surface area contributed by atoms with Crippen molar-refractivity contribution in [3.63, 3.8) is 0 Å². The summed E-state index contributed by atoms with van der Waals surface area (Å²) < 4.78 is 27.1. The van der Waals surface area contributed by atoms with E-state index in [9.17, 15) is 13.2 Å². The molecule has 1 aliphatic rings. The van der Waals surface area contributed by atoms with Gasteiger partial charge in [-0.3, -0.25) is 4.79 Å². The molecule has 1 saturated heterocycles. The zero-order chi connectivity index (χ0) is 19.6. The second kappa shape index (κ2) is 8.49. The third-order valence-corrected chi connectivity index (χ3v) is 8.33. The van der Waals surface area contributed by atoms with Gasteiger partial charge in [-0.1, -0.05) is 29.3 Å². The van der Waals surface area contributed by atoms with Crippen molar-refractivity contribution in [3.05, 3.63) is 50.6 Å². The molecule has 2 heterocycles. The number of halogens is 2. The second-order valence-electron chi connectivity index (χ2n) is 6.50. The average molecular weight is 447 g/mol. The summed E-state index contributed by atoms with van der Waals surface area (Å²) in [6, 6.07) is 8.27. The van der Waals surface area contributed by atoms with E-state index < -0.39 is 10.0 Å². The predicted octanol–water partition coefficient (Wildman–Crippen LogP) is 4.33. The summed E-state index contributed by atoms with van der Waals surface area (Å²) in [4.78, 5) is 13.6. The van der Waals surface area contributed by atoms with Crippen LogP contribution in [0.15, 0.2) is 40.6 Å². The summed E-state index contributed by atoms with van der Waals surface area (Å²) in [5.41, 5.74) is 0. The Bertz CT molecular complexity index is 909. The lowest BCUT2D eigenvalue weighted by Crippen LogP contribution is -2.43. The molecule has 146 valence electrons. The summed E-state index contributed by atoms with van der Waals surface area (Å²) in [5.74, 6) is -0.234. The van der Waals surface area contributed by atoms with Gasteiger partial charge < -0.3 is 5.32 Å². The number of nitrogens with one attached hydrogen (secondary N) is 1. The van der Waals surface area contributed by atoms with Gasteiger partial charge in [0.05, 0.1) is 11.1 Å². The first-order valence-electron chi connectivity index (χ1n) is 8.58. The van der Waals surface area contributed by atoms with E-state index in [4.69, 9.17) is 23.2 Å². The molecule has 1 aromatic heterocycles. The summed E-state index contributed by atoms with van der Waals surface area (Å²) in [5, 5.41) is 5.45. The summed E-state index contributed by atoms with van der Waals surface area (Å²) >= 11 is 13.6. The Morgan fingerprint density at radius 3 is 2.59 bits per heavy atom. The highest BCUT2D eigenvalue weighted by Crippen LogP contribution is 2.30. The van der Waals surface area contributed by atoms with Gasteiger partial charge in [-0.15, -0.1) is 11.3 Å². The maximum atomic E-state index is 12.9. The molecule has 0 saturated carbocycles. The molecule has 0 radical (unpaired) electrons. The molecule has 2 aromatic rings. The third kappa shape index (κ3) is 4.66. The van der Waals surface area contributed by atoms with Crippen LogP contribution < -0.4 is 5.32 Å². The van der Waals surface area contributed by atoms with Gasteiger partial charge >= 0.3 is 0 Å².